The van der Waals surface area contributed by atoms with Gasteiger partial charge in [-0.2, -0.15) is 0 Å². The smallest absolute Gasteiger partial charge is 0.227 e. The standard InChI is InChI=1S/C14H19NO4/c1-10-9-19-13(8-16)7-15(10)14(18)6-11-2-4-12(17)5-3-11/h2-5,10,13,16-17H,6-9H2,1H3. The Bertz CT molecular complexity index is 432. The quantitative estimate of drug-likeness (QED) is 0.837. The predicted octanol–water partition coefficient (Wildman–Crippen LogP) is 0.543. The van der Waals surface area contributed by atoms with E-state index in [9.17, 15) is 9.90 Å². The first-order valence-corrected chi connectivity index (χ1v) is 6.40. The van der Waals surface area contributed by atoms with Crippen LogP contribution in [0.3, 0.4) is 0 Å². The fourth-order valence-corrected chi connectivity index (χ4v) is 2.17. The molecule has 0 bridgehead atoms. The minimum atomic E-state index is -0.292. The molecule has 1 aliphatic rings. The first-order chi connectivity index (χ1) is 9.10. The molecule has 0 spiro atoms. The number of morpholine rings is 1. The number of benzene rings is 1. The summed E-state index contributed by atoms with van der Waals surface area (Å²) in [5.41, 5.74) is 0.863. The van der Waals surface area contributed by atoms with Crippen LogP contribution in [0.15, 0.2) is 24.3 Å². The first kappa shape index (κ1) is 13.8. The maximum Gasteiger partial charge on any atom is 0.227 e. The lowest BCUT2D eigenvalue weighted by Gasteiger charge is -2.37. The lowest BCUT2D eigenvalue weighted by Crippen LogP contribution is -2.52. The number of aliphatic hydroxyl groups excluding tert-OH is 1. The number of nitrogens with zero attached hydrogens (tertiary/aromatic N) is 1. The van der Waals surface area contributed by atoms with Crippen molar-refractivity contribution < 1.29 is 19.7 Å². The largest absolute Gasteiger partial charge is 0.508 e. The molecule has 0 aromatic heterocycles. The van der Waals surface area contributed by atoms with Gasteiger partial charge in [-0.25, -0.2) is 0 Å². The van der Waals surface area contributed by atoms with Crippen LogP contribution in [0.5, 0.6) is 5.75 Å². The normalized spacial score (nSPS) is 23.4. The molecule has 5 heteroatoms. The van der Waals surface area contributed by atoms with Gasteiger partial charge in [0.2, 0.25) is 5.91 Å². The second-order valence-electron chi connectivity index (χ2n) is 4.88. The first-order valence-electron chi connectivity index (χ1n) is 6.40. The van der Waals surface area contributed by atoms with Crippen molar-refractivity contribution in [3.63, 3.8) is 0 Å². The highest BCUT2D eigenvalue weighted by atomic mass is 16.5. The number of hydrogen-bond acceptors (Lipinski definition) is 4. The summed E-state index contributed by atoms with van der Waals surface area (Å²) in [5, 5.41) is 18.3. The van der Waals surface area contributed by atoms with Crippen LogP contribution in [-0.2, 0) is 16.0 Å². The summed E-state index contributed by atoms with van der Waals surface area (Å²) < 4.78 is 5.41. The molecular formula is C14H19NO4. The molecule has 2 N–H and O–H groups in total. The zero-order valence-corrected chi connectivity index (χ0v) is 11.0. The van der Waals surface area contributed by atoms with E-state index in [2.05, 4.69) is 0 Å². The van der Waals surface area contributed by atoms with E-state index in [1.165, 1.54) is 0 Å². The minimum Gasteiger partial charge on any atom is -0.508 e. The molecule has 0 saturated carbocycles. The molecule has 1 aliphatic heterocycles. The van der Waals surface area contributed by atoms with E-state index in [0.717, 1.165) is 5.56 Å². The predicted molar refractivity (Wildman–Crippen MR) is 69.8 cm³/mol. The molecule has 2 atom stereocenters. The zero-order chi connectivity index (χ0) is 13.8. The fraction of sp³-hybridized carbons (Fsp3) is 0.500. The van der Waals surface area contributed by atoms with E-state index < -0.39 is 0 Å². The second kappa shape index (κ2) is 6.04. The van der Waals surface area contributed by atoms with Crippen LogP contribution in [-0.4, -0.2) is 52.9 Å². The highest BCUT2D eigenvalue weighted by Gasteiger charge is 2.28. The minimum absolute atomic E-state index is 0.0138. The molecule has 1 fully saturated rings. The van der Waals surface area contributed by atoms with E-state index in [1.54, 1.807) is 29.2 Å². The van der Waals surface area contributed by atoms with Gasteiger partial charge >= 0.3 is 0 Å². The third kappa shape index (κ3) is 3.45. The number of phenols is 1. The van der Waals surface area contributed by atoms with E-state index >= 15 is 0 Å². The van der Waals surface area contributed by atoms with Gasteiger partial charge in [-0.3, -0.25) is 4.79 Å². The SMILES string of the molecule is CC1COC(CO)CN1C(=O)Cc1ccc(O)cc1. The van der Waals surface area contributed by atoms with E-state index in [1.807, 2.05) is 6.92 Å². The molecule has 5 nitrogen and oxygen atoms in total. The summed E-state index contributed by atoms with van der Waals surface area (Å²) in [5.74, 6) is 0.205. The molecule has 0 aliphatic carbocycles. The van der Waals surface area contributed by atoms with Crippen LogP contribution in [0.1, 0.15) is 12.5 Å². The summed E-state index contributed by atoms with van der Waals surface area (Å²) in [7, 11) is 0. The monoisotopic (exact) mass is 265 g/mol. The van der Waals surface area contributed by atoms with Crippen molar-refractivity contribution in [3.05, 3.63) is 29.8 Å². The Hall–Kier alpha value is -1.59. The average Bonchev–Trinajstić information content (AvgIpc) is 2.42. The van der Waals surface area contributed by atoms with Crippen molar-refractivity contribution in [2.45, 2.75) is 25.5 Å². The third-order valence-corrected chi connectivity index (χ3v) is 3.32. The van der Waals surface area contributed by atoms with Gasteiger partial charge < -0.3 is 19.8 Å². The van der Waals surface area contributed by atoms with Crippen molar-refractivity contribution in [1.82, 2.24) is 4.90 Å². The van der Waals surface area contributed by atoms with Crippen molar-refractivity contribution in [1.29, 1.82) is 0 Å². The molecule has 1 aromatic rings. The molecule has 1 heterocycles. The number of carbonyl (C=O) groups is 1. The van der Waals surface area contributed by atoms with Crippen molar-refractivity contribution >= 4 is 5.91 Å². The Kier molecular flexibility index (Phi) is 4.39. The number of ether oxygens (including phenoxy) is 1. The highest BCUT2D eigenvalue weighted by Crippen LogP contribution is 2.15. The van der Waals surface area contributed by atoms with Crippen molar-refractivity contribution in [3.8, 4) is 5.75 Å². The average molecular weight is 265 g/mol. The van der Waals surface area contributed by atoms with Gasteiger partial charge in [-0.15, -0.1) is 0 Å². The molecule has 1 amide bonds. The fourth-order valence-electron chi connectivity index (χ4n) is 2.17. The Morgan fingerprint density at radius 1 is 1.42 bits per heavy atom. The van der Waals surface area contributed by atoms with Crippen LogP contribution >= 0.6 is 0 Å². The van der Waals surface area contributed by atoms with Crippen LogP contribution in [0.4, 0.5) is 0 Å². The number of phenolic OH excluding ortho intramolecular Hbond substituents is 1. The summed E-state index contributed by atoms with van der Waals surface area (Å²) in [6, 6.07) is 6.64. The molecule has 1 saturated heterocycles. The molecule has 2 unspecified atom stereocenters. The Morgan fingerprint density at radius 3 is 2.74 bits per heavy atom. The number of aromatic hydroxyl groups is 1. The maximum absolute atomic E-state index is 12.3. The Morgan fingerprint density at radius 2 is 2.11 bits per heavy atom. The maximum atomic E-state index is 12.3. The number of aliphatic hydroxyl groups is 1. The number of amides is 1. The third-order valence-electron chi connectivity index (χ3n) is 3.32. The molecule has 19 heavy (non-hydrogen) atoms. The van der Waals surface area contributed by atoms with E-state index in [-0.39, 0.29) is 30.4 Å². The van der Waals surface area contributed by atoms with Crippen molar-refractivity contribution in [2.75, 3.05) is 19.8 Å². The van der Waals surface area contributed by atoms with E-state index in [4.69, 9.17) is 9.84 Å². The Labute approximate surface area is 112 Å². The van der Waals surface area contributed by atoms with Gasteiger partial charge in [-0.1, -0.05) is 12.1 Å². The van der Waals surface area contributed by atoms with Gasteiger partial charge in [0.05, 0.1) is 31.8 Å². The van der Waals surface area contributed by atoms with Gasteiger partial charge in [0.15, 0.2) is 0 Å². The van der Waals surface area contributed by atoms with Crippen LogP contribution in [0.25, 0.3) is 0 Å². The van der Waals surface area contributed by atoms with Crippen molar-refractivity contribution in [2.24, 2.45) is 0 Å². The summed E-state index contributed by atoms with van der Waals surface area (Å²) in [4.78, 5) is 14.0. The molecular weight excluding hydrogens is 246 g/mol. The molecule has 2 rings (SSSR count). The summed E-state index contributed by atoms with van der Waals surface area (Å²) in [6.07, 6.45) is 0.00272. The number of carbonyl (C=O) groups excluding carboxylic acids is 1. The number of hydrogen-bond donors (Lipinski definition) is 2. The Balaban J connectivity index is 2.00. The lowest BCUT2D eigenvalue weighted by atomic mass is 10.1. The molecule has 1 aromatic carbocycles. The topological polar surface area (TPSA) is 70.0 Å². The highest BCUT2D eigenvalue weighted by molar-refractivity contribution is 5.79. The number of rotatable bonds is 3. The summed E-state index contributed by atoms with van der Waals surface area (Å²) >= 11 is 0. The van der Waals surface area contributed by atoms with E-state index in [0.29, 0.717) is 19.6 Å². The lowest BCUT2D eigenvalue weighted by molar-refractivity contribution is -0.145. The van der Waals surface area contributed by atoms with Gasteiger partial charge in [0.25, 0.3) is 0 Å². The van der Waals surface area contributed by atoms with Crippen LogP contribution in [0, 0.1) is 0 Å². The molecule has 104 valence electrons. The van der Waals surface area contributed by atoms with Gasteiger partial charge in [0.1, 0.15) is 5.75 Å². The zero-order valence-electron chi connectivity index (χ0n) is 11.0. The second-order valence-corrected chi connectivity index (χ2v) is 4.88. The van der Waals surface area contributed by atoms with Crippen LogP contribution < -0.4 is 0 Å². The van der Waals surface area contributed by atoms with Gasteiger partial charge in [-0.05, 0) is 24.6 Å². The molecule has 0 radical (unpaired) electrons. The van der Waals surface area contributed by atoms with Crippen LogP contribution in [0.2, 0.25) is 0 Å². The van der Waals surface area contributed by atoms with Gasteiger partial charge in [0, 0.05) is 6.54 Å². The summed E-state index contributed by atoms with van der Waals surface area (Å²) in [6.45, 7) is 2.74.